The monoisotopic (exact) mass is 496 g/mol. The molecule has 200 valence electrons. The molecule has 0 radical (unpaired) electrons. The second-order valence-corrected chi connectivity index (χ2v) is 16.0. The van der Waals surface area contributed by atoms with E-state index in [0.717, 1.165) is 44.9 Å². The number of hydrogen-bond acceptors (Lipinski definition) is 4. The molecule has 0 aromatic carbocycles. The zero-order valence-corrected chi connectivity index (χ0v) is 24.1. The van der Waals surface area contributed by atoms with Gasteiger partial charge in [-0.15, -0.1) is 0 Å². The standard InChI is InChI=1S/C32H48O4/c1-18(33)35-23-11-13-30(7)19(28(23,4)5)10-12-31(8)20-16-22(34)29(6)15-14-27(2,3)17-21(29)32(20,9)26-24(36-26)25(30)31/h16,19,21,23-26H,10-15,17H2,1-9H3/t19-,21+,23-,24-,25+,26-,29-,30-,31-,32+/m0/s1. The molecule has 0 aromatic rings. The highest BCUT2D eigenvalue weighted by Crippen LogP contribution is 2.78. The Morgan fingerprint density at radius 1 is 0.917 bits per heavy atom. The van der Waals surface area contributed by atoms with Gasteiger partial charge < -0.3 is 9.47 Å². The van der Waals surface area contributed by atoms with Crippen LogP contribution in [0.25, 0.3) is 0 Å². The van der Waals surface area contributed by atoms with Crippen molar-refractivity contribution in [2.45, 2.75) is 126 Å². The van der Waals surface area contributed by atoms with Gasteiger partial charge in [0.1, 0.15) is 6.10 Å². The van der Waals surface area contributed by atoms with Crippen LogP contribution in [0, 0.1) is 50.2 Å². The van der Waals surface area contributed by atoms with Crippen molar-refractivity contribution in [1.82, 2.24) is 0 Å². The molecule has 0 spiro atoms. The molecule has 5 aliphatic carbocycles. The van der Waals surface area contributed by atoms with Crippen molar-refractivity contribution in [1.29, 1.82) is 0 Å². The first kappa shape index (κ1) is 25.1. The summed E-state index contributed by atoms with van der Waals surface area (Å²) >= 11 is 0. The van der Waals surface area contributed by atoms with E-state index in [1.165, 1.54) is 5.57 Å². The second kappa shape index (κ2) is 7.07. The van der Waals surface area contributed by atoms with Gasteiger partial charge in [-0.2, -0.15) is 0 Å². The number of carbonyl (C=O) groups excluding carboxylic acids is 2. The van der Waals surface area contributed by atoms with Gasteiger partial charge in [0.25, 0.3) is 0 Å². The van der Waals surface area contributed by atoms with E-state index in [4.69, 9.17) is 9.47 Å². The highest BCUT2D eigenvalue weighted by Gasteiger charge is 2.78. The highest BCUT2D eigenvalue weighted by molar-refractivity contribution is 5.97. The number of fused-ring (bicyclic) bond motifs is 10. The van der Waals surface area contributed by atoms with Crippen molar-refractivity contribution in [3.8, 4) is 0 Å². The third-order valence-electron chi connectivity index (χ3n) is 13.2. The van der Waals surface area contributed by atoms with Gasteiger partial charge in [0.15, 0.2) is 5.78 Å². The number of ether oxygens (including phenoxy) is 2. The first-order valence-electron chi connectivity index (χ1n) is 14.6. The van der Waals surface area contributed by atoms with Gasteiger partial charge in [0, 0.05) is 29.1 Å². The lowest BCUT2D eigenvalue weighted by atomic mass is 9.34. The van der Waals surface area contributed by atoms with Crippen LogP contribution in [0.15, 0.2) is 11.6 Å². The molecule has 0 aromatic heterocycles. The second-order valence-electron chi connectivity index (χ2n) is 16.0. The Hall–Kier alpha value is -1.16. The summed E-state index contributed by atoms with van der Waals surface area (Å²) in [5.74, 6) is 1.42. The number of ketones is 1. The average molecular weight is 497 g/mol. The maximum absolute atomic E-state index is 13.9. The summed E-state index contributed by atoms with van der Waals surface area (Å²) in [6.45, 7) is 20.7. The average Bonchev–Trinajstić information content (AvgIpc) is 3.54. The molecule has 1 saturated heterocycles. The van der Waals surface area contributed by atoms with Crippen molar-refractivity contribution < 1.29 is 19.1 Å². The van der Waals surface area contributed by atoms with Crippen molar-refractivity contribution in [2.24, 2.45) is 50.2 Å². The molecule has 4 heteroatoms. The van der Waals surface area contributed by atoms with Gasteiger partial charge >= 0.3 is 5.97 Å². The third kappa shape index (κ3) is 2.92. The minimum Gasteiger partial charge on any atom is -0.462 e. The fourth-order valence-electron chi connectivity index (χ4n) is 11.4. The van der Waals surface area contributed by atoms with Gasteiger partial charge in [0.05, 0.1) is 12.2 Å². The molecule has 6 rings (SSSR count). The van der Waals surface area contributed by atoms with E-state index in [2.05, 4.69) is 61.5 Å². The van der Waals surface area contributed by atoms with Crippen LogP contribution in [0.1, 0.15) is 107 Å². The maximum Gasteiger partial charge on any atom is 0.302 e. The summed E-state index contributed by atoms with van der Waals surface area (Å²) in [4.78, 5) is 25.8. The quantitative estimate of drug-likeness (QED) is 0.292. The van der Waals surface area contributed by atoms with E-state index < -0.39 is 0 Å². The van der Waals surface area contributed by atoms with Crippen LogP contribution in [0.3, 0.4) is 0 Å². The van der Waals surface area contributed by atoms with E-state index in [9.17, 15) is 9.59 Å². The van der Waals surface area contributed by atoms with Gasteiger partial charge in [-0.25, -0.2) is 0 Å². The zero-order chi connectivity index (χ0) is 26.3. The predicted octanol–water partition coefficient (Wildman–Crippen LogP) is 6.91. The Balaban J connectivity index is 1.44. The van der Waals surface area contributed by atoms with E-state index in [1.54, 1.807) is 6.92 Å². The Morgan fingerprint density at radius 3 is 2.28 bits per heavy atom. The van der Waals surface area contributed by atoms with Crippen LogP contribution in [0.2, 0.25) is 0 Å². The fraction of sp³-hybridized carbons (Fsp3) is 0.875. The maximum atomic E-state index is 13.9. The van der Waals surface area contributed by atoms with Crippen molar-refractivity contribution >= 4 is 11.8 Å². The molecule has 1 heterocycles. The first-order valence-corrected chi connectivity index (χ1v) is 14.6. The molecular weight excluding hydrogens is 448 g/mol. The Kier molecular flexibility index (Phi) is 4.94. The van der Waals surface area contributed by atoms with E-state index in [0.29, 0.717) is 23.5 Å². The van der Waals surface area contributed by atoms with Crippen molar-refractivity contribution in [3.63, 3.8) is 0 Å². The van der Waals surface area contributed by atoms with Gasteiger partial charge in [-0.1, -0.05) is 61.0 Å². The highest BCUT2D eigenvalue weighted by atomic mass is 16.6. The molecular formula is C32H48O4. The first-order chi connectivity index (χ1) is 16.5. The Labute approximate surface area is 218 Å². The van der Waals surface area contributed by atoms with Crippen LogP contribution in [-0.2, 0) is 19.1 Å². The van der Waals surface area contributed by atoms with Crippen LogP contribution < -0.4 is 0 Å². The number of rotatable bonds is 1. The zero-order valence-electron chi connectivity index (χ0n) is 24.1. The molecule has 1 aliphatic heterocycles. The minimum atomic E-state index is -0.265. The number of allylic oxidation sites excluding steroid dienone is 1. The van der Waals surface area contributed by atoms with Crippen molar-refractivity contribution in [2.75, 3.05) is 0 Å². The van der Waals surface area contributed by atoms with Crippen LogP contribution in [0.4, 0.5) is 0 Å². The lowest BCUT2D eigenvalue weighted by molar-refractivity contribution is -0.195. The van der Waals surface area contributed by atoms with Gasteiger partial charge in [-0.3, -0.25) is 9.59 Å². The Morgan fingerprint density at radius 2 is 1.61 bits per heavy atom. The lowest BCUT2D eigenvalue weighted by Crippen LogP contribution is -2.66. The van der Waals surface area contributed by atoms with Gasteiger partial charge in [0.2, 0.25) is 0 Å². The van der Waals surface area contributed by atoms with E-state index in [-0.39, 0.29) is 56.8 Å². The SMILES string of the molecule is CC(=O)O[C@H]1CC[C@]2(C)[C@H]3[C@@H]4O[C@@H]4[C@]4(C)C(=CC(=O)[C@@]5(C)CCC(C)(C)C[C@@H]45)[C@]3(C)CC[C@H]2C1(C)C. The number of hydrogen-bond donors (Lipinski definition) is 0. The largest absolute Gasteiger partial charge is 0.462 e. The topological polar surface area (TPSA) is 55.9 Å². The molecule has 5 fully saturated rings. The molecule has 4 nitrogen and oxygen atoms in total. The summed E-state index contributed by atoms with van der Waals surface area (Å²) in [5.41, 5.74) is 1.35. The molecule has 10 atom stereocenters. The smallest absolute Gasteiger partial charge is 0.302 e. The Bertz CT molecular complexity index is 1050. The summed E-state index contributed by atoms with van der Waals surface area (Å²) in [6, 6.07) is 0. The molecule has 0 bridgehead atoms. The molecule has 6 aliphatic rings. The van der Waals surface area contributed by atoms with Crippen LogP contribution in [-0.4, -0.2) is 30.1 Å². The van der Waals surface area contributed by atoms with E-state index >= 15 is 0 Å². The molecule has 0 unspecified atom stereocenters. The fourth-order valence-corrected chi connectivity index (χ4v) is 11.4. The molecule has 36 heavy (non-hydrogen) atoms. The number of epoxide rings is 1. The summed E-state index contributed by atoms with van der Waals surface area (Å²) in [7, 11) is 0. The van der Waals surface area contributed by atoms with Crippen molar-refractivity contribution in [3.05, 3.63) is 11.6 Å². The lowest BCUT2D eigenvalue weighted by Gasteiger charge is -2.68. The molecule has 4 saturated carbocycles. The summed E-state index contributed by atoms with van der Waals surface area (Å²) < 4.78 is 12.7. The number of carbonyl (C=O) groups is 2. The van der Waals surface area contributed by atoms with Crippen LogP contribution in [0.5, 0.6) is 0 Å². The number of esters is 1. The minimum absolute atomic E-state index is 0.0251. The molecule has 0 amide bonds. The van der Waals surface area contributed by atoms with E-state index in [1.807, 2.05) is 0 Å². The third-order valence-corrected chi connectivity index (χ3v) is 13.2. The normalized spacial score (nSPS) is 54.0. The summed E-state index contributed by atoms with van der Waals surface area (Å²) in [6.07, 6.45) is 9.99. The predicted molar refractivity (Wildman–Crippen MR) is 140 cm³/mol. The van der Waals surface area contributed by atoms with Gasteiger partial charge in [-0.05, 0) is 79.1 Å². The summed E-state index contributed by atoms with van der Waals surface area (Å²) in [5, 5.41) is 0. The molecule has 0 N–H and O–H groups in total. The van der Waals surface area contributed by atoms with Crippen LogP contribution >= 0.6 is 0 Å².